The molecule has 166 valence electrons. The largest absolute Gasteiger partial charge is 0.495 e. The maximum absolute atomic E-state index is 12.8. The molecule has 31 heavy (non-hydrogen) atoms. The molecule has 6 heteroatoms. The number of nitrogens with zero attached hydrogens (tertiary/aromatic N) is 3. The van der Waals surface area contributed by atoms with E-state index in [9.17, 15) is 4.79 Å². The summed E-state index contributed by atoms with van der Waals surface area (Å²) in [6.45, 7) is 4.34. The van der Waals surface area contributed by atoms with E-state index in [1.54, 1.807) is 13.3 Å². The first-order valence-corrected chi connectivity index (χ1v) is 11.6. The number of pyridine rings is 1. The number of aromatic nitrogens is 1. The molecule has 2 aromatic rings. The van der Waals surface area contributed by atoms with Crippen LogP contribution in [0.1, 0.15) is 43.7 Å². The predicted octanol–water partition coefficient (Wildman–Crippen LogP) is 3.65. The lowest BCUT2D eigenvalue weighted by atomic mass is 9.88. The van der Waals surface area contributed by atoms with Crippen LogP contribution < -0.4 is 15.0 Å². The summed E-state index contributed by atoms with van der Waals surface area (Å²) in [5, 5.41) is 3.27. The maximum Gasteiger partial charge on any atom is 0.223 e. The SMILES string of the molecule is COc1ccccc1N1CCN([C@H](CNC(=O)C2CCCCC2)c2cccnc2)CC1. The first-order valence-electron chi connectivity index (χ1n) is 11.6. The van der Waals surface area contributed by atoms with Crippen LogP contribution in [0.15, 0.2) is 48.8 Å². The van der Waals surface area contributed by atoms with Crippen molar-refractivity contribution in [3.63, 3.8) is 0 Å². The molecule has 1 amide bonds. The van der Waals surface area contributed by atoms with Gasteiger partial charge in [-0.15, -0.1) is 0 Å². The van der Waals surface area contributed by atoms with Crippen molar-refractivity contribution in [2.24, 2.45) is 5.92 Å². The zero-order chi connectivity index (χ0) is 21.5. The van der Waals surface area contributed by atoms with Crippen LogP contribution in [0.3, 0.4) is 0 Å². The number of benzene rings is 1. The second kappa shape index (κ2) is 10.6. The fraction of sp³-hybridized carbons (Fsp3) is 0.520. The number of para-hydroxylation sites is 2. The summed E-state index contributed by atoms with van der Waals surface area (Å²) in [7, 11) is 1.72. The summed E-state index contributed by atoms with van der Waals surface area (Å²) < 4.78 is 5.55. The minimum atomic E-state index is 0.140. The van der Waals surface area contributed by atoms with E-state index in [0.29, 0.717) is 6.54 Å². The van der Waals surface area contributed by atoms with Gasteiger partial charge in [-0.3, -0.25) is 14.7 Å². The molecular formula is C25H34N4O2. The Balaban J connectivity index is 1.41. The van der Waals surface area contributed by atoms with Gasteiger partial charge in [-0.1, -0.05) is 37.5 Å². The highest BCUT2D eigenvalue weighted by Crippen LogP contribution is 2.30. The van der Waals surface area contributed by atoms with Crippen molar-refractivity contribution in [3.8, 4) is 5.75 Å². The van der Waals surface area contributed by atoms with Gasteiger partial charge in [0.2, 0.25) is 5.91 Å². The van der Waals surface area contributed by atoms with Gasteiger partial charge in [0, 0.05) is 51.0 Å². The van der Waals surface area contributed by atoms with Gasteiger partial charge in [0.1, 0.15) is 5.75 Å². The third-order valence-corrected chi connectivity index (χ3v) is 6.70. The average molecular weight is 423 g/mol. The number of carbonyl (C=O) groups excluding carboxylic acids is 1. The number of ether oxygens (including phenoxy) is 1. The lowest BCUT2D eigenvalue weighted by molar-refractivity contribution is -0.126. The number of amides is 1. The van der Waals surface area contributed by atoms with E-state index in [-0.39, 0.29) is 17.9 Å². The number of carbonyl (C=O) groups is 1. The summed E-state index contributed by atoms with van der Waals surface area (Å²) >= 11 is 0. The van der Waals surface area contributed by atoms with Gasteiger partial charge in [-0.2, -0.15) is 0 Å². The number of piperazine rings is 1. The highest BCUT2D eigenvalue weighted by molar-refractivity contribution is 5.78. The molecule has 1 aliphatic heterocycles. The predicted molar refractivity (Wildman–Crippen MR) is 123 cm³/mol. The van der Waals surface area contributed by atoms with E-state index in [1.807, 2.05) is 24.4 Å². The van der Waals surface area contributed by atoms with Crippen LogP contribution in [0.4, 0.5) is 5.69 Å². The average Bonchev–Trinajstić information content (AvgIpc) is 2.85. The Labute approximate surface area is 185 Å². The zero-order valence-electron chi connectivity index (χ0n) is 18.5. The number of hydrogen-bond acceptors (Lipinski definition) is 5. The highest BCUT2D eigenvalue weighted by Gasteiger charge is 2.28. The van der Waals surface area contributed by atoms with Crippen LogP contribution in [-0.4, -0.2) is 55.6 Å². The zero-order valence-corrected chi connectivity index (χ0v) is 18.5. The van der Waals surface area contributed by atoms with Crippen LogP contribution >= 0.6 is 0 Å². The van der Waals surface area contributed by atoms with Gasteiger partial charge in [0.25, 0.3) is 0 Å². The smallest absolute Gasteiger partial charge is 0.223 e. The Morgan fingerprint density at radius 1 is 1.10 bits per heavy atom. The molecule has 1 aromatic heterocycles. The van der Waals surface area contributed by atoms with Crippen LogP contribution in [0.5, 0.6) is 5.75 Å². The Morgan fingerprint density at radius 3 is 2.58 bits per heavy atom. The van der Waals surface area contributed by atoms with Crippen molar-refractivity contribution in [1.29, 1.82) is 0 Å². The Kier molecular flexibility index (Phi) is 7.41. The molecule has 1 aromatic carbocycles. The number of rotatable bonds is 7. The fourth-order valence-corrected chi connectivity index (χ4v) is 4.90. The molecule has 2 fully saturated rings. The summed E-state index contributed by atoms with van der Waals surface area (Å²) in [5.74, 6) is 1.33. The van der Waals surface area contributed by atoms with Gasteiger partial charge in [0.05, 0.1) is 18.8 Å². The van der Waals surface area contributed by atoms with Crippen molar-refractivity contribution in [1.82, 2.24) is 15.2 Å². The number of hydrogen-bond donors (Lipinski definition) is 1. The molecule has 0 radical (unpaired) electrons. The number of methoxy groups -OCH3 is 1. The first kappa shape index (κ1) is 21.6. The molecule has 1 saturated carbocycles. The molecule has 4 rings (SSSR count). The third kappa shape index (κ3) is 5.37. The van der Waals surface area contributed by atoms with Crippen LogP contribution in [-0.2, 0) is 4.79 Å². The molecule has 6 nitrogen and oxygen atoms in total. The molecule has 1 N–H and O–H groups in total. The van der Waals surface area contributed by atoms with E-state index < -0.39 is 0 Å². The van der Waals surface area contributed by atoms with E-state index in [2.05, 4.69) is 38.3 Å². The van der Waals surface area contributed by atoms with Crippen molar-refractivity contribution < 1.29 is 9.53 Å². The molecule has 1 aliphatic carbocycles. The van der Waals surface area contributed by atoms with Crippen molar-refractivity contribution >= 4 is 11.6 Å². The number of nitrogens with one attached hydrogen (secondary N) is 1. The quantitative estimate of drug-likeness (QED) is 0.738. The van der Waals surface area contributed by atoms with Crippen LogP contribution in [0.25, 0.3) is 0 Å². The van der Waals surface area contributed by atoms with Gasteiger partial charge in [-0.05, 0) is 36.6 Å². The lowest BCUT2D eigenvalue weighted by Crippen LogP contribution is -2.50. The van der Waals surface area contributed by atoms with Gasteiger partial charge in [0.15, 0.2) is 0 Å². The van der Waals surface area contributed by atoms with Gasteiger partial charge in [-0.25, -0.2) is 0 Å². The summed E-state index contributed by atoms with van der Waals surface area (Å²) in [6.07, 6.45) is 9.41. The molecule has 1 atom stereocenters. The van der Waals surface area contributed by atoms with E-state index in [1.165, 1.54) is 19.3 Å². The minimum Gasteiger partial charge on any atom is -0.495 e. The molecule has 2 aliphatic rings. The fourth-order valence-electron chi connectivity index (χ4n) is 4.90. The molecule has 1 saturated heterocycles. The van der Waals surface area contributed by atoms with Crippen molar-refractivity contribution in [2.75, 3.05) is 44.7 Å². The van der Waals surface area contributed by atoms with Gasteiger partial charge < -0.3 is 15.0 Å². The van der Waals surface area contributed by atoms with Crippen molar-refractivity contribution in [3.05, 3.63) is 54.4 Å². The van der Waals surface area contributed by atoms with Crippen LogP contribution in [0.2, 0.25) is 0 Å². The number of anilines is 1. The summed E-state index contributed by atoms with van der Waals surface area (Å²) in [4.78, 5) is 22.0. The van der Waals surface area contributed by atoms with E-state index in [4.69, 9.17) is 4.74 Å². The Hall–Kier alpha value is -2.60. The second-order valence-electron chi connectivity index (χ2n) is 8.58. The van der Waals surface area contributed by atoms with Crippen molar-refractivity contribution in [2.45, 2.75) is 38.1 Å². The monoisotopic (exact) mass is 422 g/mol. The third-order valence-electron chi connectivity index (χ3n) is 6.70. The van der Waals surface area contributed by atoms with Gasteiger partial charge >= 0.3 is 0 Å². The standard InChI is InChI=1S/C25H34N4O2/c1-31-24-12-6-5-11-22(24)28-14-16-29(17-15-28)23(21-10-7-13-26-18-21)19-27-25(30)20-8-3-2-4-9-20/h5-7,10-13,18,20,23H,2-4,8-9,14-17,19H2,1H3,(H,27,30)/t23-/m1/s1. The molecule has 0 unspecified atom stereocenters. The minimum absolute atomic E-state index is 0.140. The Bertz CT molecular complexity index is 830. The Morgan fingerprint density at radius 2 is 1.87 bits per heavy atom. The first-order chi connectivity index (χ1) is 15.3. The lowest BCUT2D eigenvalue weighted by Gasteiger charge is -2.40. The maximum atomic E-state index is 12.8. The molecule has 0 bridgehead atoms. The normalized spacial score (nSPS) is 19.1. The topological polar surface area (TPSA) is 57.7 Å². The summed E-state index contributed by atoms with van der Waals surface area (Å²) in [5.41, 5.74) is 2.31. The van der Waals surface area contributed by atoms with E-state index >= 15 is 0 Å². The summed E-state index contributed by atoms with van der Waals surface area (Å²) in [6, 6.07) is 12.4. The van der Waals surface area contributed by atoms with Crippen LogP contribution in [0, 0.1) is 5.92 Å². The van der Waals surface area contributed by atoms with E-state index in [0.717, 1.165) is 56.0 Å². The molecular weight excluding hydrogens is 388 g/mol. The second-order valence-corrected chi connectivity index (χ2v) is 8.58. The molecule has 2 heterocycles. The molecule has 0 spiro atoms. The highest BCUT2D eigenvalue weighted by atomic mass is 16.5.